The van der Waals surface area contributed by atoms with E-state index in [1.54, 1.807) is 0 Å². The summed E-state index contributed by atoms with van der Waals surface area (Å²) in [5.41, 5.74) is 1.83. The van der Waals surface area contributed by atoms with Crippen molar-refractivity contribution in [3.05, 3.63) is 0 Å². The van der Waals surface area contributed by atoms with Gasteiger partial charge in [-0.25, -0.2) is 4.79 Å². The van der Waals surface area contributed by atoms with Crippen molar-refractivity contribution in [3.8, 4) is 0 Å². The van der Waals surface area contributed by atoms with Crippen LogP contribution >= 0.6 is 0 Å². The molecule has 0 heterocycles. The molecule has 0 aliphatic rings. The summed E-state index contributed by atoms with van der Waals surface area (Å²) in [4.78, 5) is 39.7. The fourth-order valence-corrected chi connectivity index (χ4v) is 0.714. The molecule has 0 rings (SSSR count). The summed E-state index contributed by atoms with van der Waals surface area (Å²) in [6.07, 6.45) is -2.29. The van der Waals surface area contributed by atoms with Crippen LogP contribution < -0.4 is 35.3 Å². The minimum atomic E-state index is -2.74. The van der Waals surface area contributed by atoms with Gasteiger partial charge in [0.05, 0.1) is 19.4 Å². The number of aliphatic hydroxyl groups is 1. The topological polar surface area (TPSA) is 195 Å². The van der Waals surface area contributed by atoms with Gasteiger partial charge in [0.15, 0.2) is 5.60 Å². The number of hydrogen-bond donors (Lipinski definition) is 6. The van der Waals surface area contributed by atoms with E-state index in [0.717, 1.165) is 0 Å². The Labute approximate surface area is 168 Å². The van der Waals surface area contributed by atoms with Crippen molar-refractivity contribution in [3.63, 3.8) is 0 Å². The predicted octanol–water partition coefficient (Wildman–Crippen LogP) is -5.11. The molecular formula is C8H14NNaO9Zn2. The zero-order valence-corrected chi connectivity index (χ0v) is 19.4. The van der Waals surface area contributed by atoms with Crippen molar-refractivity contribution < 1.29 is 115 Å². The van der Waals surface area contributed by atoms with Gasteiger partial charge in [0, 0.05) is 39.0 Å². The first kappa shape index (κ1) is 32.8. The molecule has 0 amide bonds. The van der Waals surface area contributed by atoms with Crippen molar-refractivity contribution in [2.24, 2.45) is 5.73 Å². The Balaban J connectivity index is -0.0000000627. The Morgan fingerprint density at radius 3 is 1.19 bits per heavy atom. The van der Waals surface area contributed by atoms with Gasteiger partial charge in [-0.3, -0.25) is 14.4 Å². The number of nitrogens with two attached hydrogens (primary N) is 1. The van der Waals surface area contributed by atoms with E-state index in [4.69, 9.17) is 25.5 Å². The fourth-order valence-electron chi connectivity index (χ4n) is 0.714. The third-order valence-electron chi connectivity index (χ3n) is 1.46. The molecule has 10 nitrogen and oxygen atoms in total. The van der Waals surface area contributed by atoms with Gasteiger partial charge in [-0.15, -0.1) is 0 Å². The summed E-state index contributed by atoms with van der Waals surface area (Å²) in [6.45, 7) is -0.278. The summed E-state index contributed by atoms with van der Waals surface area (Å²) in [6, 6.07) is 0. The number of rotatable bonds is 6. The molecule has 0 atom stereocenters. The van der Waals surface area contributed by atoms with E-state index < -0.39 is 42.3 Å². The molecule has 13 heteroatoms. The van der Waals surface area contributed by atoms with E-state index in [-0.39, 0.29) is 76.5 Å². The minimum absolute atomic E-state index is 0. The Kier molecular flexibility index (Phi) is 25.7. The molecule has 0 unspecified atom stereocenters. The Morgan fingerprint density at radius 1 is 0.857 bits per heavy atom. The Hall–Kier alpha value is 0.0468. The first-order valence-corrected chi connectivity index (χ1v) is 4.36. The first-order valence-electron chi connectivity index (χ1n) is 4.36. The van der Waals surface area contributed by atoms with E-state index in [9.17, 15) is 19.2 Å². The molecule has 7 N–H and O–H groups in total. The molecule has 0 saturated heterocycles. The van der Waals surface area contributed by atoms with Crippen LogP contribution in [-0.2, 0) is 58.1 Å². The maximum Gasteiger partial charge on any atom is 1.00 e. The third-order valence-corrected chi connectivity index (χ3v) is 1.46. The molecule has 0 radical (unpaired) electrons. The zero-order chi connectivity index (χ0) is 14.9. The van der Waals surface area contributed by atoms with Gasteiger partial charge in [-0.2, -0.15) is 0 Å². The van der Waals surface area contributed by atoms with Gasteiger partial charge in [0.25, 0.3) is 0 Å². The second-order valence-corrected chi connectivity index (χ2v) is 3.08. The smallest absolute Gasteiger partial charge is 1.00 e. The van der Waals surface area contributed by atoms with Crippen molar-refractivity contribution in [1.82, 2.24) is 0 Å². The van der Waals surface area contributed by atoms with Crippen LogP contribution in [0.3, 0.4) is 0 Å². The van der Waals surface area contributed by atoms with E-state index in [2.05, 4.69) is 5.73 Å². The summed E-state index contributed by atoms with van der Waals surface area (Å²) < 4.78 is 0. The molecule has 0 bridgehead atoms. The monoisotopic (exact) mass is 419 g/mol. The molecule has 21 heavy (non-hydrogen) atoms. The van der Waals surface area contributed by atoms with Gasteiger partial charge in [0.2, 0.25) is 0 Å². The number of aliphatic carboxylic acids is 4. The molecule has 0 aliphatic carbocycles. The molecular weight excluding hydrogens is 408 g/mol. The normalized spacial score (nSPS) is 8.48. The molecule has 0 aromatic rings. The summed E-state index contributed by atoms with van der Waals surface area (Å²) in [5.74, 6) is -5.99. The van der Waals surface area contributed by atoms with Gasteiger partial charge in [-0.05, 0) is 0 Å². The summed E-state index contributed by atoms with van der Waals surface area (Å²) >= 11 is 0. The molecule has 0 aromatic heterocycles. The number of carbonyl (C=O) groups is 4. The second kappa shape index (κ2) is 16.4. The van der Waals surface area contributed by atoms with Crippen LogP contribution in [0.25, 0.3) is 0 Å². The van der Waals surface area contributed by atoms with Crippen LogP contribution in [0.5, 0.6) is 0 Å². The quantitative estimate of drug-likeness (QED) is 0.225. The van der Waals surface area contributed by atoms with Crippen LogP contribution in [0.2, 0.25) is 0 Å². The predicted molar refractivity (Wildman–Crippen MR) is 54.9 cm³/mol. The third kappa shape index (κ3) is 20.0. The maximum atomic E-state index is 10.3. The molecule has 0 saturated carbocycles. The SMILES string of the molecule is NCC(=O)O.O=C(O)CC(O)(CC(=O)O)C(=O)O.[H-].[Na+].[Zn].[Zn]. The standard InChI is InChI=1S/C6H8O7.C2H5NO2.Na.2Zn.H/c7-3(8)1-6(13,5(11)12)2-4(9)10;3-1-2(4)5;;;;/h13H,1-2H2,(H,7,8)(H,9,10)(H,11,12);1,3H2,(H,4,5);;;;/q;;+1;;;-1. The van der Waals surface area contributed by atoms with E-state index in [1.165, 1.54) is 0 Å². The first-order chi connectivity index (χ1) is 8.05. The Bertz CT molecular complexity index is 343. The molecule has 0 aliphatic heterocycles. The summed E-state index contributed by atoms with van der Waals surface area (Å²) in [7, 11) is 0. The molecule has 0 fully saturated rings. The number of carboxylic acid groups (broad SMARTS) is 4. The zero-order valence-electron chi connectivity index (χ0n) is 12.5. The van der Waals surface area contributed by atoms with Gasteiger partial charge < -0.3 is 32.7 Å². The Morgan fingerprint density at radius 2 is 1.10 bits per heavy atom. The average molecular weight is 422 g/mol. The van der Waals surface area contributed by atoms with Crippen molar-refractivity contribution >= 4 is 23.9 Å². The number of carboxylic acids is 4. The molecule has 0 spiro atoms. The summed E-state index contributed by atoms with van der Waals surface area (Å²) in [5, 5.41) is 41.4. The van der Waals surface area contributed by atoms with E-state index in [1.807, 2.05) is 0 Å². The van der Waals surface area contributed by atoms with Crippen LogP contribution in [0.15, 0.2) is 0 Å². The molecule has 0 aromatic carbocycles. The van der Waals surface area contributed by atoms with Gasteiger partial charge >= 0.3 is 53.4 Å². The van der Waals surface area contributed by atoms with Gasteiger partial charge in [0.1, 0.15) is 0 Å². The second-order valence-electron chi connectivity index (χ2n) is 3.08. The van der Waals surface area contributed by atoms with E-state index >= 15 is 0 Å². The van der Waals surface area contributed by atoms with Crippen molar-refractivity contribution in [2.45, 2.75) is 18.4 Å². The van der Waals surface area contributed by atoms with Crippen LogP contribution in [-0.4, -0.2) is 61.6 Å². The fraction of sp³-hybridized carbons (Fsp3) is 0.500. The van der Waals surface area contributed by atoms with Crippen LogP contribution in [0.4, 0.5) is 0 Å². The van der Waals surface area contributed by atoms with Crippen LogP contribution in [0, 0.1) is 0 Å². The number of hydrogen-bond acceptors (Lipinski definition) is 6. The van der Waals surface area contributed by atoms with E-state index in [0.29, 0.717) is 0 Å². The largest absolute Gasteiger partial charge is 1.00 e. The minimum Gasteiger partial charge on any atom is -1.00 e. The van der Waals surface area contributed by atoms with Crippen LogP contribution in [0.1, 0.15) is 14.3 Å². The maximum absolute atomic E-state index is 10.3. The van der Waals surface area contributed by atoms with Crippen molar-refractivity contribution in [2.75, 3.05) is 6.54 Å². The average Bonchev–Trinajstić information content (AvgIpc) is 2.15. The van der Waals surface area contributed by atoms with Crippen molar-refractivity contribution in [1.29, 1.82) is 0 Å². The van der Waals surface area contributed by atoms with Gasteiger partial charge in [-0.1, -0.05) is 0 Å². The molecule has 110 valence electrons.